The average Bonchev–Trinajstić information content (AvgIpc) is 2.15. The molecule has 0 aromatic heterocycles. The van der Waals surface area contributed by atoms with Gasteiger partial charge in [-0.3, -0.25) is 4.79 Å². The molecule has 0 unspecified atom stereocenters. The van der Waals surface area contributed by atoms with E-state index in [-0.39, 0.29) is 0 Å². The first-order valence-corrected chi connectivity index (χ1v) is 4.08. The molecule has 0 saturated carbocycles. The van der Waals surface area contributed by atoms with Gasteiger partial charge in [0, 0.05) is 5.56 Å². The Kier molecular flexibility index (Phi) is 3.27. The van der Waals surface area contributed by atoms with E-state index in [0.717, 1.165) is 23.8 Å². The maximum atomic E-state index is 10.3. The fourth-order valence-electron chi connectivity index (χ4n) is 0.940. The Bertz CT molecular complexity index is 270. The van der Waals surface area contributed by atoms with Crippen LogP contribution in [-0.4, -0.2) is 6.29 Å². The van der Waals surface area contributed by atoms with Crippen LogP contribution in [0.5, 0.6) is 0 Å². The molecule has 12 heavy (non-hydrogen) atoms. The predicted molar refractivity (Wildman–Crippen MR) is 51.2 cm³/mol. The number of rotatable bonds is 3. The van der Waals surface area contributed by atoms with E-state index in [0.29, 0.717) is 0 Å². The molecule has 0 N–H and O–H groups in total. The van der Waals surface area contributed by atoms with Gasteiger partial charge in [-0.2, -0.15) is 0 Å². The third-order valence-corrected chi connectivity index (χ3v) is 1.62. The van der Waals surface area contributed by atoms with Gasteiger partial charge in [-0.15, -0.1) is 0 Å². The minimum Gasteiger partial charge on any atom is -0.298 e. The van der Waals surface area contributed by atoms with Crippen LogP contribution in [0.2, 0.25) is 0 Å². The summed E-state index contributed by atoms with van der Waals surface area (Å²) in [5, 5.41) is 0. The van der Waals surface area contributed by atoms with Crippen molar-refractivity contribution in [2.45, 2.75) is 13.3 Å². The molecule has 0 spiro atoms. The molecule has 0 aliphatic heterocycles. The quantitative estimate of drug-likeness (QED) is 0.621. The summed E-state index contributed by atoms with van der Waals surface area (Å²) in [6.45, 7) is 2.09. The Morgan fingerprint density at radius 3 is 2.25 bits per heavy atom. The standard InChI is InChI=1S/C11H12O/c1-2-3-4-10-5-7-11(9-12)8-6-10/h3-9H,2H2,1H3/b4-3-. The molecule has 1 nitrogen and oxygen atoms in total. The highest BCUT2D eigenvalue weighted by atomic mass is 16.1. The van der Waals surface area contributed by atoms with Crippen LogP contribution in [0.4, 0.5) is 0 Å². The topological polar surface area (TPSA) is 17.1 Å². The molecule has 0 bridgehead atoms. The molecule has 0 radical (unpaired) electrons. The second kappa shape index (κ2) is 4.50. The van der Waals surface area contributed by atoms with E-state index in [2.05, 4.69) is 19.1 Å². The number of aldehydes is 1. The van der Waals surface area contributed by atoms with Crippen LogP contribution in [0.25, 0.3) is 6.08 Å². The van der Waals surface area contributed by atoms with Crippen molar-refractivity contribution in [2.75, 3.05) is 0 Å². The number of carbonyl (C=O) groups excluding carboxylic acids is 1. The van der Waals surface area contributed by atoms with Gasteiger partial charge < -0.3 is 0 Å². The Hall–Kier alpha value is -1.37. The van der Waals surface area contributed by atoms with Gasteiger partial charge in [0.2, 0.25) is 0 Å². The first kappa shape index (κ1) is 8.72. The third kappa shape index (κ3) is 2.35. The summed E-state index contributed by atoms with van der Waals surface area (Å²) in [6, 6.07) is 7.52. The van der Waals surface area contributed by atoms with Crippen LogP contribution in [-0.2, 0) is 0 Å². The molecule has 0 fully saturated rings. The van der Waals surface area contributed by atoms with Gasteiger partial charge in [0.15, 0.2) is 0 Å². The van der Waals surface area contributed by atoms with E-state index in [1.54, 1.807) is 0 Å². The van der Waals surface area contributed by atoms with Crippen LogP contribution in [0.3, 0.4) is 0 Å². The van der Waals surface area contributed by atoms with E-state index in [1.165, 1.54) is 0 Å². The number of allylic oxidation sites excluding steroid dienone is 1. The SMILES string of the molecule is CC/C=C\c1ccc(C=O)cc1. The minimum atomic E-state index is 0.726. The summed E-state index contributed by atoms with van der Waals surface area (Å²) in [5.74, 6) is 0. The molecular weight excluding hydrogens is 148 g/mol. The van der Waals surface area contributed by atoms with E-state index in [4.69, 9.17) is 0 Å². The highest BCUT2D eigenvalue weighted by Gasteiger charge is 1.87. The maximum absolute atomic E-state index is 10.3. The molecule has 0 amide bonds. The molecule has 0 aliphatic carbocycles. The first-order chi connectivity index (χ1) is 5.86. The van der Waals surface area contributed by atoms with Crippen LogP contribution in [0.1, 0.15) is 29.3 Å². The van der Waals surface area contributed by atoms with E-state index < -0.39 is 0 Å². The zero-order valence-corrected chi connectivity index (χ0v) is 7.16. The van der Waals surface area contributed by atoms with Gasteiger partial charge in [-0.25, -0.2) is 0 Å². The van der Waals surface area contributed by atoms with Crippen molar-refractivity contribution in [1.82, 2.24) is 0 Å². The average molecular weight is 160 g/mol. The zero-order chi connectivity index (χ0) is 8.81. The molecule has 1 rings (SSSR count). The molecule has 0 saturated heterocycles. The summed E-state index contributed by atoms with van der Waals surface area (Å²) < 4.78 is 0. The van der Waals surface area contributed by atoms with Crippen molar-refractivity contribution in [3.05, 3.63) is 41.5 Å². The summed E-state index contributed by atoms with van der Waals surface area (Å²) in [7, 11) is 0. The Balaban J connectivity index is 2.77. The lowest BCUT2D eigenvalue weighted by Crippen LogP contribution is -1.78. The highest BCUT2D eigenvalue weighted by molar-refractivity contribution is 5.75. The monoisotopic (exact) mass is 160 g/mol. The van der Waals surface area contributed by atoms with Gasteiger partial charge in [0.05, 0.1) is 0 Å². The smallest absolute Gasteiger partial charge is 0.150 e. The summed E-state index contributed by atoms with van der Waals surface area (Å²) >= 11 is 0. The lowest BCUT2D eigenvalue weighted by molar-refractivity contribution is 0.112. The molecule has 1 aromatic carbocycles. The van der Waals surface area contributed by atoms with Crippen LogP contribution in [0.15, 0.2) is 30.3 Å². The van der Waals surface area contributed by atoms with E-state index in [1.807, 2.05) is 24.3 Å². The molecular formula is C11H12O. The lowest BCUT2D eigenvalue weighted by atomic mass is 10.1. The van der Waals surface area contributed by atoms with Gasteiger partial charge in [0.25, 0.3) is 0 Å². The van der Waals surface area contributed by atoms with Crippen LogP contribution < -0.4 is 0 Å². The molecule has 62 valence electrons. The highest BCUT2D eigenvalue weighted by Crippen LogP contribution is 2.04. The van der Waals surface area contributed by atoms with Gasteiger partial charge in [-0.1, -0.05) is 43.3 Å². The lowest BCUT2D eigenvalue weighted by Gasteiger charge is -1.92. The van der Waals surface area contributed by atoms with Crippen molar-refractivity contribution in [1.29, 1.82) is 0 Å². The third-order valence-electron chi connectivity index (χ3n) is 1.62. The Labute approximate surface area is 72.7 Å². The first-order valence-electron chi connectivity index (χ1n) is 4.08. The summed E-state index contributed by atoms with van der Waals surface area (Å²) in [4.78, 5) is 10.3. The Morgan fingerprint density at radius 1 is 1.17 bits per heavy atom. The van der Waals surface area contributed by atoms with Crippen molar-refractivity contribution < 1.29 is 4.79 Å². The van der Waals surface area contributed by atoms with E-state index in [9.17, 15) is 4.79 Å². The summed E-state index contributed by atoms with van der Waals surface area (Å²) in [6.07, 6.45) is 6.03. The van der Waals surface area contributed by atoms with Crippen molar-refractivity contribution in [3.63, 3.8) is 0 Å². The fraction of sp³-hybridized carbons (Fsp3) is 0.182. The largest absolute Gasteiger partial charge is 0.298 e. The molecule has 0 aliphatic rings. The van der Waals surface area contributed by atoms with E-state index >= 15 is 0 Å². The Morgan fingerprint density at radius 2 is 1.75 bits per heavy atom. The fourth-order valence-corrected chi connectivity index (χ4v) is 0.940. The number of benzene rings is 1. The van der Waals surface area contributed by atoms with Crippen LogP contribution in [0, 0.1) is 0 Å². The normalized spacial score (nSPS) is 10.4. The van der Waals surface area contributed by atoms with Gasteiger partial charge in [0.1, 0.15) is 6.29 Å². The second-order valence-electron chi connectivity index (χ2n) is 2.60. The number of hydrogen-bond acceptors (Lipinski definition) is 1. The summed E-state index contributed by atoms with van der Waals surface area (Å²) in [5.41, 5.74) is 1.87. The maximum Gasteiger partial charge on any atom is 0.150 e. The van der Waals surface area contributed by atoms with Crippen molar-refractivity contribution in [2.24, 2.45) is 0 Å². The van der Waals surface area contributed by atoms with Gasteiger partial charge >= 0.3 is 0 Å². The second-order valence-corrected chi connectivity index (χ2v) is 2.60. The predicted octanol–water partition coefficient (Wildman–Crippen LogP) is 2.92. The van der Waals surface area contributed by atoms with Crippen LogP contribution >= 0.6 is 0 Å². The minimum absolute atomic E-state index is 0.726. The number of carbonyl (C=O) groups is 1. The van der Waals surface area contributed by atoms with Crippen molar-refractivity contribution >= 4 is 12.4 Å². The molecule has 1 aromatic rings. The van der Waals surface area contributed by atoms with Crippen molar-refractivity contribution in [3.8, 4) is 0 Å². The zero-order valence-electron chi connectivity index (χ0n) is 7.16. The molecule has 0 heterocycles. The molecule has 0 atom stereocenters. The van der Waals surface area contributed by atoms with Gasteiger partial charge in [-0.05, 0) is 12.0 Å². The number of hydrogen-bond donors (Lipinski definition) is 0. The molecule has 1 heteroatoms.